The van der Waals surface area contributed by atoms with Crippen LogP contribution in [0.1, 0.15) is 201 Å². The van der Waals surface area contributed by atoms with Crippen molar-refractivity contribution in [1.82, 2.24) is 0 Å². The smallest absolute Gasteiger partial charge is 0.306 e. The van der Waals surface area contributed by atoms with E-state index < -0.39 is 6.10 Å². The Morgan fingerprint density at radius 1 is 0.397 bits per heavy atom. The van der Waals surface area contributed by atoms with E-state index in [1.54, 1.807) is 0 Å². The molecule has 1 atom stereocenters. The minimum atomic E-state index is -0.564. The molecule has 1 unspecified atom stereocenters. The molecule has 0 bridgehead atoms. The van der Waals surface area contributed by atoms with Crippen LogP contribution in [0.25, 0.3) is 0 Å². The molecule has 0 N–H and O–H groups in total. The molecule has 5 heteroatoms. The van der Waals surface area contributed by atoms with Crippen LogP contribution in [0.2, 0.25) is 0 Å². The molecule has 0 radical (unpaired) electrons. The molecule has 58 heavy (non-hydrogen) atoms. The van der Waals surface area contributed by atoms with Crippen molar-refractivity contribution in [2.24, 2.45) is 0 Å². The average Bonchev–Trinajstić information content (AvgIpc) is 3.22. The van der Waals surface area contributed by atoms with E-state index in [4.69, 9.17) is 14.2 Å². The van der Waals surface area contributed by atoms with Crippen LogP contribution < -0.4 is 0 Å². The number of hydrogen-bond donors (Lipinski definition) is 0. The molecule has 0 aromatic rings. The van der Waals surface area contributed by atoms with Gasteiger partial charge in [0.2, 0.25) is 0 Å². The Kier molecular flexibility index (Phi) is 45.5. The summed E-state index contributed by atoms with van der Waals surface area (Å²) >= 11 is 0. The summed E-state index contributed by atoms with van der Waals surface area (Å²) in [6, 6.07) is 0. The minimum Gasteiger partial charge on any atom is -0.462 e. The van der Waals surface area contributed by atoms with Gasteiger partial charge in [0.15, 0.2) is 6.10 Å². The highest BCUT2D eigenvalue weighted by molar-refractivity contribution is 5.70. The van der Waals surface area contributed by atoms with Gasteiger partial charge in [0.25, 0.3) is 0 Å². The molecule has 0 amide bonds. The fourth-order valence-electron chi connectivity index (χ4n) is 6.14. The Bertz CT molecular complexity index is 1140. The van der Waals surface area contributed by atoms with Crippen LogP contribution in [0.3, 0.4) is 0 Å². The van der Waals surface area contributed by atoms with Crippen molar-refractivity contribution < 1.29 is 23.8 Å². The van der Waals surface area contributed by atoms with Gasteiger partial charge >= 0.3 is 11.9 Å². The quantitative estimate of drug-likeness (QED) is 0.0349. The highest BCUT2D eigenvalue weighted by Gasteiger charge is 2.17. The maximum Gasteiger partial charge on any atom is 0.306 e. The Hall–Kier alpha value is -3.18. The first-order valence-corrected chi connectivity index (χ1v) is 23.8. The largest absolute Gasteiger partial charge is 0.462 e. The summed E-state index contributed by atoms with van der Waals surface area (Å²) in [5.74, 6) is -0.464. The van der Waals surface area contributed by atoms with Crippen LogP contribution >= 0.6 is 0 Å². The monoisotopic (exact) mass is 805 g/mol. The van der Waals surface area contributed by atoms with Crippen LogP contribution in [-0.4, -0.2) is 37.9 Å². The number of carbonyl (C=O) groups is 2. The van der Waals surface area contributed by atoms with Crippen molar-refractivity contribution in [3.8, 4) is 0 Å². The third-order valence-electron chi connectivity index (χ3n) is 9.62. The Labute approximate surface area is 358 Å². The lowest BCUT2D eigenvalue weighted by Crippen LogP contribution is -2.30. The second kappa shape index (κ2) is 48.2. The molecule has 0 spiro atoms. The van der Waals surface area contributed by atoms with Gasteiger partial charge in [0.05, 0.1) is 6.61 Å². The number of hydrogen-bond acceptors (Lipinski definition) is 5. The lowest BCUT2D eigenvalue weighted by atomic mass is 10.1. The highest BCUT2D eigenvalue weighted by Crippen LogP contribution is 2.12. The third kappa shape index (κ3) is 45.5. The summed E-state index contributed by atoms with van der Waals surface area (Å²) in [5, 5.41) is 0. The summed E-state index contributed by atoms with van der Waals surface area (Å²) in [4.78, 5) is 25.2. The van der Waals surface area contributed by atoms with Crippen LogP contribution in [0, 0.1) is 0 Å². The molecule has 0 aliphatic rings. The highest BCUT2D eigenvalue weighted by atomic mass is 16.6. The zero-order valence-corrected chi connectivity index (χ0v) is 37.8. The van der Waals surface area contributed by atoms with Gasteiger partial charge in [-0.1, -0.05) is 189 Å². The Morgan fingerprint density at radius 2 is 0.776 bits per heavy atom. The summed E-state index contributed by atoms with van der Waals surface area (Å²) < 4.78 is 17.3. The van der Waals surface area contributed by atoms with Gasteiger partial charge in [0, 0.05) is 19.4 Å². The summed E-state index contributed by atoms with van der Waals surface area (Å²) in [6.07, 6.45) is 64.1. The molecular weight excluding hydrogens is 717 g/mol. The van der Waals surface area contributed by atoms with E-state index in [1.165, 1.54) is 57.8 Å². The summed E-state index contributed by atoms with van der Waals surface area (Å²) in [5.41, 5.74) is 0. The SMILES string of the molecule is CC/C=C\C/C=C\C/C=C\C/C=C\CCCCCCCOCC(COC(=O)CCCC/C=C\C/C=C\C/C=C\C/C=C\CC)OC(=O)CCCCCCCCCCC. The lowest BCUT2D eigenvalue weighted by Gasteiger charge is -2.18. The molecule has 0 fully saturated rings. The number of ether oxygens (including phenoxy) is 3. The van der Waals surface area contributed by atoms with Crippen molar-refractivity contribution in [1.29, 1.82) is 0 Å². The minimum absolute atomic E-state index is 0.0521. The predicted molar refractivity (Wildman–Crippen MR) is 251 cm³/mol. The number of rotatable bonds is 42. The normalized spacial score (nSPS) is 13.1. The maximum absolute atomic E-state index is 12.7. The zero-order chi connectivity index (χ0) is 42.1. The van der Waals surface area contributed by atoms with Crippen molar-refractivity contribution in [3.63, 3.8) is 0 Å². The van der Waals surface area contributed by atoms with Crippen molar-refractivity contribution in [3.05, 3.63) is 97.2 Å². The van der Waals surface area contributed by atoms with Crippen LogP contribution in [-0.2, 0) is 23.8 Å². The van der Waals surface area contributed by atoms with Gasteiger partial charge in [-0.3, -0.25) is 9.59 Å². The topological polar surface area (TPSA) is 61.8 Å². The summed E-state index contributed by atoms with van der Waals surface area (Å²) in [7, 11) is 0. The van der Waals surface area contributed by atoms with E-state index in [1.807, 2.05) is 0 Å². The van der Waals surface area contributed by atoms with Gasteiger partial charge in [0.1, 0.15) is 6.61 Å². The van der Waals surface area contributed by atoms with Crippen LogP contribution in [0.4, 0.5) is 0 Å². The fourth-order valence-corrected chi connectivity index (χ4v) is 6.14. The number of unbranched alkanes of at least 4 members (excludes halogenated alkanes) is 15. The van der Waals surface area contributed by atoms with E-state index >= 15 is 0 Å². The molecule has 5 nitrogen and oxygen atoms in total. The molecule has 0 heterocycles. The zero-order valence-electron chi connectivity index (χ0n) is 37.8. The van der Waals surface area contributed by atoms with Gasteiger partial charge in [-0.05, 0) is 96.3 Å². The molecular formula is C53H88O5. The van der Waals surface area contributed by atoms with E-state index in [0.717, 1.165) is 109 Å². The lowest BCUT2D eigenvalue weighted by molar-refractivity contribution is -0.163. The van der Waals surface area contributed by atoms with Crippen molar-refractivity contribution in [2.75, 3.05) is 19.8 Å². The standard InChI is InChI=1S/C53H88O5/c1-4-7-10-13-16-19-21-23-25-26-27-29-31-33-36-39-42-45-48-56-49-51(58-53(55)47-44-41-38-34-18-15-12-9-6-3)50-57-52(54)46-43-40-37-35-32-30-28-24-22-20-17-14-11-8-5-2/h7-8,10-11,16-17,19-20,23-25,27-29,32,35,51H,4-6,9,12-15,18,21-22,26,30-31,33-34,36-50H2,1-3H3/b10-7-,11-8-,19-16-,20-17-,25-23-,28-24-,29-27-,35-32-. The molecule has 0 aromatic carbocycles. The third-order valence-corrected chi connectivity index (χ3v) is 9.62. The van der Waals surface area contributed by atoms with E-state index in [2.05, 4.69) is 118 Å². The molecule has 0 aliphatic heterocycles. The molecule has 0 aliphatic carbocycles. The molecule has 0 saturated heterocycles. The predicted octanol–water partition coefficient (Wildman–Crippen LogP) is 15.9. The average molecular weight is 805 g/mol. The van der Waals surface area contributed by atoms with Crippen LogP contribution in [0.15, 0.2) is 97.2 Å². The first-order chi connectivity index (χ1) is 28.6. The van der Waals surface area contributed by atoms with Gasteiger partial charge in [-0.15, -0.1) is 0 Å². The molecule has 0 aromatic heterocycles. The molecule has 330 valence electrons. The van der Waals surface area contributed by atoms with Gasteiger partial charge < -0.3 is 14.2 Å². The second-order valence-corrected chi connectivity index (χ2v) is 15.3. The van der Waals surface area contributed by atoms with Gasteiger partial charge in [-0.2, -0.15) is 0 Å². The number of carbonyl (C=O) groups excluding carboxylic acids is 2. The first-order valence-electron chi connectivity index (χ1n) is 23.8. The van der Waals surface area contributed by atoms with Crippen molar-refractivity contribution in [2.45, 2.75) is 207 Å². The van der Waals surface area contributed by atoms with Crippen molar-refractivity contribution >= 4 is 11.9 Å². The number of esters is 2. The molecule has 0 rings (SSSR count). The fraction of sp³-hybridized carbons (Fsp3) is 0.660. The Morgan fingerprint density at radius 3 is 1.28 bits per heavy atom. The van der Waals surface area contributed by atoms with E-state index in [0.29, 0.717) is 19.4 Å². The Balaban J connectivity index is 4.32. The second-order valence-electron chi connectivity index (χ2n) is 15.3. The maximum atomic E-state index is 12.7. The molecule has 0 saturated carbocycles. The van der Waals surface area contributed by atoms with Crippen LogP contribution in [0.5, 0.6) is 0 Å². The van der Waals surface area contributed by atoms with E-state index in [-0.39, 0.29) is 25.2 Å². The van der Waals surface area contributed by atoms with E-state index in [9.17, 15) is 9.59 Å². The summed E-state index contributed by atoms with van der Waals surface area (Å²) in [6.45, 7) is 7.49. The number of allylic oxidation sites excluding steroid dienone is 16. The van der Waals surface area contributed by atoms with Gasteiger partial charge in [-0.25, -0.2) is 0 Å². The first kappa shape index (κ1) is 54.8.